The number of pyridine rings is 1. The largest absolute Gasteiger partial charge is 0.359 e. The van der Waals surface area contributed by atoms with Crippen LogP contribution in [0, 0.1) is 0 Å². The lowest BCUT2D eigenvalue weighted by Crippen LogP contribution is -2.26. The molecule has 0 aliphatic rings. The normalized spacial score (nSPS) is 11.2. The first-order valence-electron chi connectivity index (χ1n) is 4.75. The van der Waals surface area contributed by atoms with E-state index in [0.717, 1.165) is 0 Å². The zero-order valence-electron chi connectivity index (χ0n) is 9.34. The smallest absolute Gasteiger partial charge is 0.149 e. The van der Waals surface area contributed by atoms with Crippen molar-refractivity contribution >= 4 is 21.5 Å². The van der Waals surface area contributed by atoms with Gasteiger partial charge < -0.3 is 10.3 Å². The molecule has 1 heterocycles. The predicted molar refractivity (Wildman–Crippen MR) is 65.0 cm³/mol. The van der Waals surface area contributed by atoms with Gasteiger partial charge in [-0.25, -0.2) is 19.2 Å². The monoisotopic (exact) mass is 244 g/mol. The number of sulfone groups is 1. The fourth-order valence-electron chi connectivity index (χ4n) is 1.13. The van der Waals surface area contributed by atoms with Crippen molar-refractivity contribution in [2.24, 2.45) is 5.84 Å². The van der Waals surface area contributed by atoms with Gasteiger partial charge in [0.05, 0.1) is 5.75 Å². The predicted octanol–water partition coefficient (Wildman–Crippen LogP) is -0.152. The van der Waals surface area contributed by atoms with E-state index in [9.17, 15) is 8.42 Å². The molecule has 6 nitrogen and oxygen atoms in total. The van der Waals surface area contributed by atoms with E-state index in [2.05, 4.69) is 10.4 Å². The Morgan fingerprint density at radius 1 is 1.50 bits per heavy atom. The molecule has 0 aliphatic carbocycles. The fraction of sp³-hybridized carbons (Fsp3) is 0.444. The molecule has 0 bridgehead atoms. The molecule has 0 aromatic carbocycles. The number of hydrazine groups is 1. The lowest BCUT2D eigenvalue weighted by Gasteiger charge is -2.17. The molecular weight excluding hydrogens is 228 g/mol. The zero-order chi connectivity index (χ0) is 12.2. The fourth-order valence-corrected chi connectivity index (χ4v) is 1.74. The number of aromatic nitrogens is 1. The van der Waals surface area contributed by atoms with Crippen molar-refractivity contribution in [1.29, 1.82) is 0 Å². The lowest BCUT2D eigenvalue weighted by atomic mass is 10.4. The Morgan fingerprint density at radius 2 is 2.19 bits per heavy atom. The lowest BCUT2D eigenvalue weighted by molar-refractivity contribution is 0.601. The number of nitrogens with one attached hydrogen (secondary N) is 1. The van der Waals surface area contributed by atoms with E-state index in [1.54, 1.807) is 30.1 Å². The molecule has 0 aliphatic heterocycles. The standard InChI is InChI=1S/C9H16N4O2S/c1-13(6-7-16(2,14)15)9-5-3-4-8(11-9)12-10/h3-5H,6-7,10H2,1-2H3,(H,11,12). The van der Waals surface area contributed by atoms with Crippen LogP contribution in [-0.2, 0) is 9.84 Å². The third-order valence-corrected chi connectivity index (χ3v) is 3.00. The summed E-state index contributed by atoms with van der Waals surface area (Å²) < 4.78 is 22.0. The summed E-state index contributed by atoms with van der Waals surface area (Å²) in [5.41, 5.74) is 2.44. The summed E-state index contributed by atoms with van der Waals surface area (Å²) in [6.45, 7) is 0.403. The Bertz CT molecular complexity index is 447. The molecule has 0 saturated heterocycles. The Labute approximate surface area is 95.4 Å². The molecule has 0 fully saturated rings. The van der Waals surface area contributed by atoms with Gasteiger partial charge in [-0.1, -0.05) is 6.07 Å². The van der Waals surface area contributed by atoms with E-state index >= 15 is 0 Å². The molecule has 0 unspecified atom stereocenters. The van der Waals surface area contributed by atoms with Crippen LogP contribution in [0.15, 0.2) is 18.2 Å². The van der Waals surface area contributed by atoms with Crippen LogP contribution in [0.1, 0.15) is 0 Å². The van der Waals surface area contributed by atoms with Gasteiger partial charge >= 0.3 is 0 Å². The van der Waals surface area contributed by atoms with Crippen molar-refractivity contribution in [1.82, 2.24) is 4.98 Å². The number of hydrogen-bond donors (Lipinski definition) is 2. The molecule has 0 atom stereocenters. The van der Waals surface area contributed by atoms with Gasteiger partial charge in [-0.2, -0.15) is 0 Å². The molecular formula is C9H16N4O2S. The maximum absolute atomic E-state index is 11.0. The van der Waals surface area contributed by atoms with Crippen molar-refractivity contribution in [2.45, 2.75) is 0 Å². The van der Waals surface area contributed by atoms with E-state index in [-0.39, 0.29) is 5.75 Å². The molecule has 1 aromatic heterocycles. The molecule has 1 aromatic rings. The second-order valence-electron chi connectivity index (χ2n) is 3.58. The van der Waals surface area contributed by atoms with Crippen LogP contribution < -0.4 is 16.2 Å². The average Bonchev–Trinajstić information content (AvgIpc) is 2.25. The Kier molecular flexibility index (Phi) is 4.08. The minimum Gasteiger partial charge on any atom is -0.359 e. The van der Waals surface area contributed by atoms with Crippen LogP contribution in [0.3, 0.4) is 0 Å². The van der Waals surface area contributed by atoms with Crippen LogP contribution in [0.25, 0.3) is 0 Å². The highest BCUT2D eigenvalue weighted by molar-refractivity contribution is 7.90. The summed E-state index contributed by atoms with van der Waals surface area (Å²) in [6, 6.07) is 5.32. The summed E-state index contributed by atoms with van der Waals surface area (Å²) in [4.78, 5) is 5.95. The minimum atomic E-state index is -2.95. The average molecular weight is 244 g/mol. The zero-order valence-corrected chi connectivity index (χ0v) is 10.2. The molecule has 7 heteroatoms. The van der Waals surface area contributed by atoms with E-state index in [0.29, 0.717) is 18.2 Å². The van der Waals surface area contributed by atoms with Crippen LogP contribution in [-0.4, -0.2) is 39.0 Å². The third-order valence-electron chi connectivity index (χ3n) is 2.07. The molecule has 1 rings (SSSR count). The van der Waals surface area contributed by atoms with Gasteiger partial charge in [0.25, 0.3) is 0 Å². The van der Waals surface area contributed by atoms with E-state index in [1.165, 1.54) is 6.26 Å². The molecule has 0 radical (unpaired) electrons. The first-order chi connectivity index (χ1) is 7.42. The van der Waals surface area contributed by atoms with Crippen LogP contribution in [0.5, 0.6) is 0 Å². The molecule has 90 valence electrons. The van der Waals surface area contributed by atoms with Crippen LogP contribution in [0.4, 0.5) is 11.6 Å². The van der Waals surface area contributed by atoms with Gasteiger partial charge in [0.15, 0.2) is 0 Å². The van der Waals surface area contributed by atoms with Crippen LogP contribution >= 0.6 is 0 Å². The van der Waals surface area contributed by atoms with Crippen molar-refractivity contribution in [2.75, 3.05) is 35.9 Å². The third kappa shape index (κ3) is 4.03. The second kappa shape index (κ2) is 5.13. The highest BCUT2D eigenvalue weighted by Gasteiger charge is 2.07. The summed E-state index contributed by atoms with van der Waals surface area (Å²) in [7, 11) is -1.17. The van der Waals surface area contributed by atoms with Gasteiger partial charge in [-0.3, -0.25) is 0 Å². The Hall–Kier alpha value is -1.34. The van der Waals surface area contributed by atoms with Gasteiger partial charge in [0, 0.05) is 19.8 Å². The Balaban J connectivity index is 2.69. The highest BCUT2D eigenvalue weighted by atomic mass is 32.2. The summed E-state index contributed by atoms with van der Waals surface area (Å²) in [5.74, 6) is 6.56. The molecule has 0 spiro atoms. The van der Waals surface area contributed by atoms with E-state index < -0.39 is 9.84 Å². The van der Waals surface area contributed by atoms with Crippen molar-refractivity contribution < 1.29 is 8.42 Å². The molecule has 16 heavy (non-hydrogen) atoms. The summed E-state index contributed by atoms with van der Waals surface area (Å²) in [6.07, 6.45) is 1.21. The number of rotatable bonds is 5. The number of nitrogens with zero attached hydrogens (tertiary/aromatic N) is 2. The van der Waals surface area contributed by atoms with Gasteiger partial charge in [0.1, 0.15) is 21.5 Å². The highest BCUT2D eigenvalue weighted by Crippen LogP contribution is 2.11. The minimum absolute atomic E-state index is 0.103. The molecule has 0 amide bonds. The maximum Gasteiger partial charge on any atom is 0.149 e. The quantitative estimate of drug-likeness (QED) is 0.553. The first-order valence-corrected chi connectivity index (χ1v) is 6.81. The van der Waals surface area contributed by atoms with Gasteiger partial charge in [-0.15, -0.1) is 0 Å². The van der Waals surface area contributed by atoms with Crippen molar-refractivity contribution in [3.05, 3.63) is 18.2 Å². The number of nitrogen functional groups attached to an aromatic ring is 1. The second-order valence-corrected chi connectivity index (χ2v) is 5.84. The van der Waals surface area contributed by atoms with Crippen molar-refractivity contribution in [3.63, 3.8) is 0 Å². The topological polar surface area (TPSA) is 88.3 Å². The van der Waals surface area contributed by atoms with E-state index in [4.69, 9.17) is 5.84 Å². The number of anilines is 2. The maximum atomic E-state index is 11.0. The molecule has 3 N–H and O–H groups in total. The first kappa shape index (κ1) is 12.7. The van der Waals surface area contributed by atoms with E-state index in [1.807, 2.05) is 0 Å². The number of nitrogens with two attached hydrogens (primary N) is 1. The number of hydrogen-bond acceptors (Lipinski definition) is 6. The Morgan fingerprint density at radius 3 is 2.75 bits per heavy atom. The van der Waals surface area contributed by atoms with Crippen molar-refractivity contribution in [3.8, 4) is 0 Å². The summed E-state index contributed by atoms with van der Waals surface area (Å²) >= 11 is 0. The van der Waals surface area contributed by atoms with Gasteiger partial charge in [-0.05, 0) is 12.1 Å². The SMILES string of the molecule is CN(CCS(C)(=O)=O)c1cccc(NN)n1. The molecule has 0 saturated carbocycles. The summed E-state index contributed by atoms with van der Waals surface area (Å²) in [5, 5.41) is 0. The van der Waals surface area contributed by atoms with Crippen LogP contribution in [0.2, 0.25) is 0 Å². The van der Waals surface area contributed by atoms with Gasteiger partial charge in [0.2, 0.25) is 0 Å².